The number of likely N-dealkylation sites (tertiary alicyclic amines) is 1. The lowest BCUT2D eigenvalue weighted by Crippen LogP contribution is -2.68. The highest BCUT2D eigenvalue weighted by Crippen LogP contribution is 2.73. The average Bonchev–Trinajstić information content (AvgIpc) is 3.28. The Kier molecular flexibility index (Phi) is 4.81. The van der Waals surface area contributed by atoms with Crippen LogP contribution in [0.15, 0.2) is 42.0 Å². The summed E-state index contributed by atoms with van der Waals surface area (Å²) in [7, 11) is 1.48. The highest BCUT2D eigenvalue weighted by Gasteiger charge is 2.79. The molecule has 2 saturated heterocycles. The summed E-state index contributed by atoms with van der Waals surface area (Å²) >= 11 is 0. The third-order valence-corrected chi connectivity index (χ3v) is 11.1. The lowest BCUT2D eigenvalue weighted by molar-refractivity contribution is -0.226. The van der Waals surface area contributed by atoms with Gasteiger partial charge in [-0.15, -0.1) is 0 Å². The molecule has 2 heterocycles. The Balaban J connectivity index is 1.42. The minimum atomic E-state index is -1.50. The molecule has 7 heteroatoms. The second-order valence-corrected chi connectivity index (χ2v) is 12.5. The molecule has 196 valence electrons. The van der Waals surface area contributed by atoms with Crippen LogP contribution in [0.4, 0.5) is 0 Å². The first-order valence-electron chi connectivity index (χ1n) is 13.7. The molecule has 1 aromatic rings. The van der Waals surface area contributed by atoms with Crippen LogP contribution in [0.1, 0.15) is 57.9 Å². The molecule has 8 atom stereocenters. The number of carbonyl (C=O) groups is 3. The molecule has 0 aromatic heterocycles. The minimum Gasteiger partial charge on any atom is -0.462 e. The van der Waals surface area contributed by atoms with E-state index < -0.39 is 17.1 Å². The topological polar surface area (TPSA) is 82.1 Å². The van der Waals surface area contributed by atoms with Crippen molar-refractivity contribution in [2.45, 2.75) is 76.9 Å². The Labute approximate surface area is 217 Å². The molecule has 1 aromatic carbocycles. The Morgan fingerprint density at radius 1 is 1.16 bits per heavy atom. The molecule has 0 N–H and O–H groups in total. The van der Waals surface area contributed by atoms with Gasteiger partial charge in [-0.3, -0.25) is 19.3 Å². The Morgan fingerprint density at radius 2 is 1.95 bits per heavy atom. The number of hydrogen-bond donors (Lipinski definition) is 0. The number of rotatable bonds is 4. The average molecular weight is 506 g/mol. The lowest BCUT2D eigenvalue weighted by Gasteiger charge is -2.63. The van der Waals surface area contributed by atoms with Gasteiger partial charge in [0.25, 0.3) is 5.79 Å². The van der Waals surface area contributed by atoms with Gasteiger partial charge in [0.1, 0.15) is 6.10 Å². The van der Waals surface area contributed by atoms with Gasteiger partial charge in [0.2, 0.25) is 5.78 Å². The Morgan fingerprint density at radius 3 is 2.68 bits per heavy atom. The fourth-order valence-electron chi connectivity index (χ4n) is 9.70. The molecular formula is C30H35NO6. The summed E-state index contributed by atoms with van der Waals surface area (Å²) in [5, 5.41) is 0. The van der Waals surface area contributed by atoms with Crippen molar-refractivity contribution in [3.05, 3.63) is 47.5 Å². The Hall–Kier alpha value is -2.51. The van der Waals surface area contributed by atoms with Gasteiger partial charge < -0.3 is 14.2 Å². The second kappa shape index (κ2) is 7.54. The van der Waals surface area contributed by atoms with E-state index >= 15 is 0 Å². The molecule has 3 unspecified atom stereocenters. The monoisotopic (exact) mass is 505 g/mol. The molecule has 37 heavy (non-hydrogen) atoms. The smallest absolute Gasteiger partial charge is 0.312 e. The third-order valence-electron chi connectivity index (χ3n) is 11.1. The van der Waals surface area contributed by atoms with E-state index in [-0.39, 0.29) is 46.6 Å². The minimum absolute atomic E-state index is 0.0495. The predicted octanol–water partition coefficient (Wildman–Crippen LogP) is 3.80. The number of Topliss-reactive ketones (excluding diaryl/α,β-unsaturated/α-hetero) is 1. The number of carbonyl (C=O) groups excluding carboxylic acids is 3. The molecule has 5 fully saturated rings. The molecule has 3 saturated carbocycles. The summed E-state index contributed by atoms with van der Waals surface area (Å²) in [5.74, 6) is -2.90. The van der Waals surface area contributed by atoms with Crippen LogP contribution in [-0.4, -0.2) is 54.2 Å². The standard InChI is InChI=1S/C30H35NO6/c1-18(32)36-23-10-7-11-27(2)17-31(16-19-8-5-4-6-9-19)24-22-14-21-20-15-28(22,12-13-29(23,24)27)26(34)30(21,35-3)37-25(20)33/h4-6,8-9,14,20-21,23-24H,7,10-13,15-17H2,1-3H3/t20?,21?,23-,24?,27-,28+,29+,30-/m0/s1. The summed E-state index contributed by atoms with van der Waals surface area (Å²) in [5.41, 5.74) is 1.22. The van der Waals surface area contributed by atoms with Gasteiger partial charge in [0.15, 0.2) is 0 Å². The van der Waals surface area contributed by atoms with Crippen molar-refractivity contribution < 1.29 is 28.6 Å². The van der Waals surface area contributed by atoms with Gasteiger partial charge in [-0.1, -0.05) is 43.3 Å². The van der Waals surface area contributed by atoms with Crippen LogP contribution in [0.5, 0.6) is 0 Å². The SMILES string of the molecule is CO[C@]12OC(=O)C3C[C@@]4(CC[C@@]56C(C4=CC31)N(Cc1ccccc1)C[C@]5(C)CCC[C@@H]6OC(C)=O)C2=O. The fraction of sp³-hybridized carbons (Fsp3) is 0.633. The number of nitrogens with zero attached hydrogens (tertiary/aromatic N) is 1. The molecule has 4 bridgehead atoms. The van der Waals surface area contributed by atoms with Crippen LogP contribution >= 0.6 is 0 Å². The molecule has 2 spiro atoms. The maximum absolute atomic E-state index is 14.3. The molecule has 7 aliphatic rings. The largest absolute Gasteiger partial charge is 0.462 e. The van der Waals surface area contributed by atoms with E-state index in [1.54, 1.807) is 0 Å². The van der Waals surface area contributed by atoms with Gasteiger partial charge in [-0.05, 0) is 55.1 Å². The molecular weight excluding hydrogens is 470 g/mol. The third kappa shape index (κ3) is 2.72. The molecule has 5 aliphatic carbocycles. The quantitative estimate of drug-likeness (QED) is 0.455. The van der Waals surface area contributed by atoms with Crippen molar-refractivity contribution in [2.75, 3.05) is 13.7 Å². The fourth-order valence-corrected chi connectivity index (χ4v) is 9.70. The summed E-state index contributed by atoms with van der Waals surface area (Å²) in [4.78, 5) is 42.1. The number of ketones is 1. The van der Waals surface area contributed by atoms with Crippen molar-refractivity contribution in [1.29, 1.82) is 0 Å². The summed E-state index contributed by atoms with van der Waals surface area (Å²) in [6.07, 6.45) is 6.80. The summed E-state index contributed by atoms with van der Waals surface area (Å²) < 4.78 is 17.6. The van der Waals surface area contributed by atoms with E-state index in [9.17, 15) is 14.4 Å². The maximum atomic E-state index is 14.3. The zero-order valence-electron chi connectivity index (χ0n) is 21.8. The number of benzene rings is 1. The first-order chi connectivity index (χ1) is 17.7. The maximum Gasteiger partial charge on any atom is 0.312 e. The molecule has 0 amide bonds. The molecule has 8 rings (SSSR count). The highest BCUT2D eigenvalue weighted by atomic mass is 16.7. The zero-order chi connectivity index (χ0) is 25.8. The van der Waals surface area contributed by atoms with E-state index in [1.165, 1.54) is 19.6 Å². The van der Waals surface area contributed by atoms with E-state index in [0.717, 1.165) is 44.3 Å². The number of esters is 2. The van der Waals surface area contributed by atoms with Gasteiger partial charge >= 0.3 is 11.9 Å². The number of hydrogen-bond acceptors (Lipinski definition) is 7. The van der Waals surface area contributed by atoms with Crippen molar-refractivity contribution in [1.82, 2.24) is 4.90 Å². The van der Waals surface area contributed by atoms with E-state index in [2.05, 4.69) is 42.2 Å². The number of methoxy groups -OCH3 is 1. The number of ether oxygens (including phenoxy) is 3. The van der Waals surface area contributed by atoms with Crippen molar-refractivity contribution in [3.8, 4) is 0 Å². The second-order valence-electron chi connectivity index (χ2n) is 12.5. The van der Waals surface area contributed by atoms with E-state index in [0.29, 0.717) is 12.8 Å². The predicted molar refractivity (Wildman–Crippen MR) is 133 cm³/mol. The highest BCUT2D eigenvalue weighted by molar-refractivity contribution is 6.03. The van der Waals surface area contributed by atoms with Gasteiger partial charge in [-0.2, -0.15) is 0 Å². The van der Waals surface area contributed by atoms with Crippen LogP contribution in [0.2, 0.25) is 0 Å². The van der Waals surface area contributed by atoms with Crippen molar-refractivity contribution in [3.63, 3.8) is 0 Å². The van der Waals surface area contributed by atoms with E-state index in [4.69, 9.17) is 14.2 Å². The van der Waals surface area contributed by atoms with Gasteiger partial charge in [0, 0.05) is 38.6 Å². The normalized spacial score (nSPS) is 45.5. The van der Waals surface area contributed by atoms with Gasteiger partial charge in [-0.25, -0.2) is 0 Å². The first kappa shape index (κ1) is 23.6. The summed E-state index contributed by atoms with van der Waals surface area (Å²) in [6.45, 7) is 5.52. The van der Waals surface area contributed by atoms with Gasteiger partial charge in [0.05, 0.1) is 17.3 Å². The molecule has 7 nitrogen and oxygen atoms in total. The lowest BCUT2D eigenvalue weighted by atomic mass is 9.41. The summed E-state index contributed by atoms with van der Waals surface area (Å²) in [6, 6.07) is 10.4. The molecule has 0 radical (unpaired) electrons. The van der Waals surface area contributed by atoms with Crippen LogP contribution in [0.3, 0.4) is 0 Å². The van der Waals surface area contributed by atoms with Crippen LogP contribution in [0, 0.1) is 28.1 Å². The van der Waals surface area contributed by atoms with Crippen LogP contribution in [-0.2, 0) is 35.1 Å². The van der Waals surface area contributed by atoms with Crippen LogP contribution < -0.4 is 0 Å². The molecule has 2 aliphatic heterocycles. The zero-order valence-corrected chi connectivity index (χ0v) is 21.8. The van der Waals surface area contributed by atoms with Crippen molar-refractivity contribution in [2.24, 2.45) is 28.1 Å². The first-order valence-corrected chi connectivity index (χ1v) is 13.7. The van der Waals surface area contributed by atoms with Crippen LogP contribution in [0.25, 0.3) is 0 Å². The van der Waals surface area contributed by atoms with Crippen molar-refractivity contribution >= 4 is 17.7 Å². The Bertz CT molecular complexity index is 1230. The van der Waals surface area contributed by atoms with E-state index in [1.807, 2.05) is 6.07 Å².